The molecule has 0 bridgehead atoms. The van der Waals surface area contributed by atoms with Crippen molar-refractivity contribution in [1.82, 2.24) is 0 Å². The van der Waals surface area contributed by atoms with E-state index in [0.717, 1.165) is 29.4 Å². The zero-order chi connectivity index (χ0) is 23.6. The summed E-state index contributed by atoms with van der Waals surface area (Å²) in [7, 11) is 0. The fourth-order valence-electron chi connectivity index (χ4n) is 6.17. The van der Waals surface area contributed by atoms with Crippen molar-refractivity contribution in [3.05, 3.63) is 77.4 Å². The zero-order valence-electron chi connectivity index (χ0n) is 21.7. The lowest BCUT2D eigenvalue weighted by atomic mass is 9.70. The Morgan fingerprint density at radius 3 is 2.09 bits per heavy atom. The summed E-state index contributed by atoms with van der Waals surface area (Å²) in [4.78, 5) is 0. The molecule has 0 N–H and O–H groups in total. The third-order valence-corrected chi connectivity index (χ3v) is 8.39. The topological polar surface area (TPSA) is 9.23 Å². The molecule has 0 heterocycles. The van der Waals surface area contributed by atoms with Gasteiger partial charge in [-0.15, -0.1) is 0 Å². The first-order valence-corrected chi connectivity index (χ1v) is 14.2. The number of rotatable bonds is 11. The minimum Gasteiger partial charge on any atom is -0.489 e. The molecule has 0 spiro atoms. The molecule has 2 aromatic rings. The molecule has 4 rings (SSSR count). The van der Waals surface area contributed by atoms with Gasteiger partial charge in [0.15, 0.2) is 0 Å². The lowest BCUT2D eigenvalue weighted by Crippen LogP contribution is -2.22. The molecule has 0 amide bonds. The van der Waals surface area contributed by atoms with Gasteiger partial charge >= 0.3 is 0 Å². The smallest absolute Gasteiger partial charge is 0.119 e. The molecule has 1 nitrogen and oxygen atoms in total. The fourth-order valence-corrected chi connectivity index (χ4v) is 6.17. The predicted octanol–water partition coefficient (Wildman–Crippen LogP) is 9.65. The summed E-state index contributed by atoms with van der Waals surface area (Å²) in [6, 6.07) is 18.0. The second-order valence-electron chi connectivity index (χ2n) is 10.9. The van der Waals surface area contributed by atoms with Crippen molar-refractivity contribution >= 4 is 0 Å². The lowest BCUT2D eigenvalue weighted by molar-refractivity contribution is 0.239. The first-order valence-electron chi connectivity index (χ1n) is 14.2. The quantitative estimate of drug-likeness (QED) is 0.240. The van der Waals surface area contributed by atoms with Gasteiger partial charge in [-0.25, -0.2) is 0 Å². The normalized spacial score (nSPS) is 24.8. The van der Waals surface area contributed by atoms with Gasteiger partial charge in [-0.05, 0) is 110 Å². The van der Waals surface area contributed by atoms with Crippen LogP contribution in [0.1, 0.15) is 107 Å². The van der Waals surface area contributed by atoms with E-state index < -0.39 is 0 Å². The molecule has 2 aromatic carbocycles. The van der Waals surface area contributed by atoms with Crippen molar-refractivity contribution in [2.75, 3.05) is 0 Å². The Labute approximate surface area is 209 Å². The molecule has 184 valence electrons. The van der Waals surface area contributed by atoms with Gasteiger partial charge in [0.1, 0.15) is 12.4 Å². The first-order chi connectivity index (χ1) is 16.7. The van der Waals surface area contributed by atoms with Gasteiger partial charge in [0.2, 0.25) is 0 Å². The summed E-state index contributed by atoms with van der Waals surface area (Å²) >= 11 is 0. The minimum atomic E-state index is 0.648. The maximum absolute atomic E-state index is 6.06. The lowest BCUT2D eigenvalue weighted by Gasteiger charge is -2.35. The van der Waals surface area contributed by atoms with Gasteiger partial charge in [0.25, 0.3) is 0 Å². The second-order valence-corrected chi connectivity index (χ2v) is 10.9. The van der Waals surface area contributed by atoms with E-state index in [2.05, 4.69) is 74.5 Å². The van der Waals surface area contributed by atoms with Crippen LogP contribution in [0, 0.1) is 17.8 Å². The molecular weight excluding hydrogens is 412 g/mol. The molecule has 2 aliphatic rings. The van der Waals surface area contributed by atoms with Crippen LogP contribution in [0.2, 0.25) is 0 Å². The van der Waals surface area contributed by atoms with Gasteiger partial charge in [0, 0.05) is 0 Å². The average Bonchev–Trinajstić information content (AvgIpc) is 2.89. The highest BCUT2D eigenvalue weighted by molar-refractivity contribution is 5.29. The molecule has 0 aliphatic heterocycles. The highest BCUT2D eigenvalue weighted by Crippen LogP contribution is 2.42. The Balaban J connectivity index is 1.20. The number of benzene rings is 2. The average molecular weight is 459 g/mol. The number of ether oxygens (including phenoxy) is 1. The number of aryl methyl sites for hydroxylation is 1. The number of allylic oxidation sites excluding steroid dienone is 2. The monoisotopic (exact) mass is 458 g/mol. The van der Waals surface area contributed by atoms with Crippen LogP contribution >= 0.6 is 0 Å². The first kappa shape index (κ1) is 25.1. The van der Waals surface area contributed by atoms with E-state index in [-0.39, 0.29) is 0 Å². The van der Waals surface area contributed by atoms with Gasteiger partial charge < -0.3 is 4.74 Å². The Hall–Kier alpha value is -2.02. The van der Waals surface area contributed by atoms with Crippen molar-refractivity contribution in [1.29, 1.82) is 0 Å². The molecule has 34 heavy (non-hydrogen) atoms. The van der Waals surface area contributed by atoms with Gasteiger partial charge in [-0.2, -0.15) is 0 Å². The molecule has 1 saturated carbocycles. The zero-order valence-corrected chi connectivity index (χ0v) is 21.7. The summed E-state index contributed by atoms with van der Waals surface area (Å²) in [6.45, 7) is 5.22. The minimum absolute atomic E-state index is 0.648. The third-order valence-electron chi connectivity index (χ3n) is 8.39. The van der Waals surface area contributed by atoms with Crippen LogP contribution in [-0.2, 0) is 13.0 Å². The Bertz CT molecular complexity index is 854. The summed E-state index contributed by atoms with van der Waals surface area (Å²) in [5.74, 6) is 4.33. The van der Waals surface area contributed by atoms with E-state index in [9.17, 15) is 0 Å². The van der Waals surface area contributed by atoms with Gasteiger partial charge in [-0.1, -0.05) is 81.7 Å². The van der Waals surface area contributed by atoms with Gasteiger partial charge in [0.05, 0.1) is 0 Å². The van der Waals surface area contributed by atoms with Crippen molar-refractivity contribution in [2.45, 2.75) is 103 Å². The molecule has 1 fully saturated rings. The van der Waals surface area contributed by atoms with E-state index in [1.165, 1.54) is 93.7 Å². The van der Waals surface area contributed by atoms with Crippen LogP contribution in [0.25, 0.3) is 0 Å². The number of hydrogen-bond donors (Lipinski definition) is 0. The van der Waals surface area contributed by atoms with E-state index in [0.29, 0.717) is 6.61 Å². The molecule has 1 heteroatoms. The summed E-state index contributed by atoms with van der Waals surface area (Å²) in [6.07, 6.45) is 21.2. The highest BCUT2D eigenvalue weighted by Gasteiger charge is 2.28. The van der Waals surface area contributed by atoms with E-state index in [4.69, 9.17) is 4.74 Å². The Kier molecular flexibility index (Phi) is 9.72. The molecular formula is C33H46O. The fraction of sp³-hybridized carbons (Fsp3) is 0.576. The number of hydrogen-bond acceptors (Lipinski definition) is 1. The van der Waals surface area contributed by atoms with Crippen molar-refractivity contribution in [3.63, 3.8) is 0 Å². The molecule has 0 saturated heterocycles. The summed E-state index contributed by atoms with van der Waals surface area (Å²) in [5, 5.41) is 0. The largest absolute Gasteiger partial charge is 0.489 e. The Morgan fingerprint density at radius 1 is 0.706 bits per heavy atom. The Morgan fingerprint density at radius 2 is 1.44 bits per heavy atom. The van der Waals surface area contributed by atoms with E-state index in [1.54, 1.807) is 0 Å². The van der Waals surface area contributed by atoms with Crippen molar-refractivity contribution < 1.29 is 4.74 Å². The molecule has 2 unspecified atom stereocenters. The van der Waals surface area contributed by atoms with E-state index in [1.807, 2.05) is 0 Å². The van der Waals surface area contributed by atoms with Crippen LogP contribution in [0.5, 0.6) is 5.75 Å². The van der Waals surface area contributed by atoms with Crippen LogP contribution in [-0.4, -0.2) is 0 Å². The second kappa shape index (κ2) is 13.2. The summed E-state index contributed by atoms with van der Waals surface area (Å²) < 4.78 is 6.06. The standard InChI is InChI=1S/C33H46O/c1-3-5-6-8-27-13-23-33(24-14-27)34-25-28-11-17-30(18-12-28)32-21-19-31(20-22-32)29-15-9-26(7-4-2)10-16-29/h9,11-15,17-18,23-24,26,29,31-32H,3-8,10,16,19-22,25H2,1-2H3. The van der Waals surface area contributed by atoms with Gasteiger partial charge in [-0.3, -0.25) is 0 Å². The van der Waals surface area contributed by atoms with Crippen molar-refractivity contribution in [2.24, 2.45) is 17.8 Å². The molecule has 2 atom stereocenters. The van der Waals surface area contributed by atoms with E-state index >= 15 is 0 Å². The SMILES string of the molecule is CCCCCc1ccc(OCc2ccc(C3CCC(C4C=CC(CCC)CC4)CC3)cc2)cc1. The predicted molar refractivity (Wildman–Crippen MR) is 145 cm³/mol. The molecule has 0 radical (unpaired) electrons. The third kappa shape index (κ3) is 7.24. The van der Waals surface area contributed by atoms with Crippen LogP contribution in [0.15, 0.2) is 60.7 Å². The summed E-state index contributed by atoms with van der Waals surface area (Å²) in [5.41, 5.74) is 4.21. The van der Waals surface area contributed by atoms with Crippen LogP contribution in [0.4, 0.5) is 0 Å². The maximum atomic E-state index is 6.06. The maximum Gasteiger partial charge on any atom is 0.119 e. The molecule has 0 aromatic heterocycles. The van der Waals surface area contributed by atoms with Crippen molar-refractivity contribution in [3.8, 4) is 5.75 Å². The van der Waals surface area contributed by atoms with Crippen LogP contribution in [0.3, 0.4) is 0 Å². The highest BCUT2D eigenvalue weighted by atomic mass is 16.5. The number of unbranched alkanes of at least 4 members (excludes halogenated alkanes) is 2. The molecule has 2 aliphatic carbocycles. The van der Waals surface area contributed by atoms with Crippen LogP contribution < -0.4 is 4.74 Å².